The number of ether oxygens (including phenoxy) is 2. The summed E-state index contributed by atoms with van der Waals surface area (Å²) in [6.45, 7) is 2.88. The van der Waals surface area contributed by atoms with Gasteiger partial charge in [-0.05, 0) is 12.8 Å². The van der Waals surface area contributed by atoms with Crippen LogP contribution in [-0.4, -0.2) is 90.0 Å². The molecule has 0 aliphatic heterocycles. The summed E-state index contributed by atoms with van der Waals surface area (Å²) in [6.07, 6.45) is 1.32. The van der Waals surface area contributed by atoms with Crippen molar-refractivity contribution in [2.24, 2.45) is 5.73 Å². The fraction of sp³-hybridized carbons (Fsp3) is 0.800. The maximum absolute atomic E-state index is 9.44. The summed E-state index contributed by atoms with van der Waals surface area (Å²) < 4.78 is 10.7. The molecule has 2 rings (SSSR count). The molecular weight excluding hydrogens is 342 g/mol. The number of hydrogen-bond donors (Lipinski definition) is 6. The van der Waals surface area contributed by atoms with E-state index in [0.717, 1.165) is 12.8 Å². The van der Waals surface area contributed by atoms with Crippen molar-refractivity contribution in [2.75, 3.05) is 68.6 Å². The number of anilines is 3. The zero-order valence-corrected chi connectivity index (χ0v) is 14.9. The van der Waals surface area contributed by atoms with E-state index in [9.17, 15) is 5.11 Å². The van der Waals surface area contributed by atoms with Crippen molar-refractivity contribution in [1.29, 1.82) is 0 Å². The number of aromatic nitrogens is 3. The number of rotatable bonds is 15. The van der Waals surface area contributed by atoms with Crippen molar-refractivity contribution in [1.82, 2.24) is 15.0 Å². The van der Waals surface area contributed by atoms with Gasteiger partial charge in [0.25, 0.3) is 0 Å². The zero-order valence-electron chi connectivity index (χ0n) is 14.9. The zero-order chi connectivity index (χ0) is 18.6. The lowest BCUT2D eigenvalue weighted by atomic mass is 10.4. The van der Waals surface area contributed by atoms with E-state index in [2.05, 4.69) is 30.9 Å². The first-order valence-corrected chi connectivity index (χ1v) is 8.86. The van der Waals surface area contributed by atoms with Gasteiger partial charge < -0.3 is 41.4 Å². The van der Waals surface area contributed by atoms with Gasteiger partial charge in [-0.3, -0.25) is 0 Å². The van der Waals surface area contributed by atoms with E-state index in [1.807, 2.05) is 0 Å². The Balaban J connectivity index is 1.77. The molecule has 1 fully saturated rings. The van der Waals surface area contributed by atoms with Gasteiger partial charge in [0.2, 0.25) is 17.8 Å². The summed E-state index contributed by atoms with van der Waals surface area (Å²) in [5.74, 6) is 1.21. The molecule has 1 unspecified atom stereocenters. The van der Waals surface area contributed by atoms with Gasteiger partial charge in [0.1, 0.15) is 0 Å². The molecule has 1 aliphatic carbocycles. The fourth-order valence-corrected chi connectivity index (χ4v) is 1.92. The first kappa shape index (κ1) is 20.5. The third-order valence-electron chi connectivity index (χ3n) is 3.42. The van der Waals surface area contributed by atoms with E-state index >= 15 is 0 Å². The van der Waals surface area contributed by atoms with Gasteiger partial charge in [-0.25, -0.2) is 0 Å². The monoisotopic (exact) mass is 371 g/mol. The second-order valence-corrected chi connectivity index (χ2v) is 5.88. The standard InChI is InChI=1S/C15H29N7O4/c16-3-5-25-7-8-26-6-4-17-13-20-14(18-9-12(24)10-23)22-15(21-13)19-11-1-2-11/h11-12,23-24H,1-10,16H2,(H3,17,18,19,20,21,22). The van der Waals surface area contributed by atoms with Crippen LogP contribution >= 0.6 is 0 Å². The summed E-state index contributed by atoms with van der Waals surface area (Å²) in [6, 6.07) is 0.401. The average Bonchev–Trinajstić information content (AvgIpc) is 3.45. The average molecular weight is 371 g/mol. The van der Waals surface area contributed by atoms with Gasteiger partial charge in [-0.1, -0.05) is 0 Å². The molecule has 1 saturated carbocycles. The molecule has 1 heterocycles. The predicted molar refractivity (Wildman–Crippen MR) is 97.2 cm³/mol. The third-order valence-corrected chi connectivity index (χ3v) is 3.42. The molecule has 148 valence electrons. The van der Waals surface area contributed by atoms with Crippen molar-refractivity contribution in [3.8, 4) is 0 Å². The number of nitrogens with zero attached hydrogens (tertiary/aromatic N) is 3. The van der Waals surface area contributed by atoms with Crippen molar-refractivity contribution in [3.05, 3.63) is 0 Å². The predicted octanol–water partition coefficient (Wildman–Crippen LogP) is -1.39. The Bertz CT molecular complexity index is 519. The van der Waals surface area contributed by atoms with Crippen LogP contribution in [0.1, 0.15) is 12.8 Å². The summed E-state index contributed by atoms with van der Waals surface area (Å²) in [4.78, 5) is 12.9. The SMILES string of the molecule is NCCOCCOCCNc1nc(NCC(O)CO)nc(NC2CC2)n1. The highest BCUT2D eigenvalue weighted by molar-refractivity contribution is 5.43. The first-order valence-electron chi connectivity index (χ1n) is 8.86. The largest absolute Gasteiger partial charge is 0.394 e. The highest BCUT2D eigenvalue weighted by Gasteiger charge is 2.22. The molecule has 1 aliphatic rings. The summed E-state index contributed by atoms with van der Waals surface area (Å²) >= 11 is 0. The topological polar surface area (TPSA) is 160 Å². The Kier molecular flexibility index (Phi) is 9.28. The molecular formula is C15H29N7O4. The van der Waals surface area contributed by atoms with Crippen LogP contribution in [0.5, 0.6) is 0 Å². The van der Waals surface area contributed by atoms with E-state index in [0.29, 0.717) is 63.4 Å². The Morgan fingerprint density at radius 1 is 1.00 bits per heavy atom. The van der Waals surface area contributed by atoms with Gasteiger partial charge in [0.15, 0.2) is 0 Å². The molecule has 0 amide bonds. The minimum absolute atomic E-state index is 0.148. The molecule has 7 N–H and O–H groups in total. The van der Waals surface area contributed by atoms with Crippen LogP contribution in [0, 0.1) is 0 Å². The molecule has 1 atom stereocenters. The summed E-state index contributed by atoms with van der Waals surface area (Å²) in [5.41, 5.74) is 5.33. The molecule has 0 radical (unpaired) electrons. The van der Waals surface area contributed by atoms with Gasteiger partial charge in [-0.15, -0.1) is 0 Å². The van der Waals surface area contributed by atoms with E-state index in [1.165, 1.54) is 0 Å². The van der Waals surface area contributed by atoms with Crippen LogP contribution in [0.2, 0.25) is 0 Å². The highest BCUT2D eigenvalue weighted by atomic mass is 16.5. The third kappa shape index (κ3) is 8.54. The summed E-state index contributed by atoms with van der Waals surface area (Å²) in [7, 11) is 0. The van der Waals surface area contributed by atoms with Gasteiger partial charge in [-0.2, -0.15) is 15.0 Å². The molecule has 26 heavy (non-hydrogen) atoms. The lowest BCUT2D eigenvalue weighted by molar-refractivity contribution is 0.0547. The van der Waals surface area contributed by atoms with Gasteiger partial charge in [0.05, 0.1) is 39.1 Å². The van der Waals surface area contributed by atoms with Crippen molar-refractivity contribution < 1.29 is 19.7 Å². The number of nitrogens with one attached hydrogen (secondary N) is 3. The lowest BCUT2D eigenvalue weighted by Gasteiger charge is -2.12. The molecule has 1 aromatic rings. The van der Waals surface area contributed by atoms with Crippen LogP contribution in [0.15, 0.2) is 0 Å². The first-order chi connectivity index (χ1) is 12.7. The van der Waals surface area contributed by atoms with Crippen molar-refractivity contribution in [2.45, 2.75) is 25.0 Å². The van der Waals surface area contributed by atoms with E-state index in [4.69, 9.17) is 20.3 Å². The van der Waals surface area contributed by atoms with Crippen LogP contribution in [0.25, 0.3) is 0 Å². The minimum Gasteiger partial charge on any atom is -0.394 e. The number of aliphatic hydroxyl groups is 2. The maximum atomic E-state index is 9.44. The van der Waals surface area contributed by atoms with Crippen molar-refractivity contribution in [3.63, 3.8) is 0 Å². The Hall–Kier alpha value is -1.79. The van der Waals surface area contributed by atoms with Gasteiger partial charge in [0, 0.05) is 25.7 Å². The van der Waals surface area contributed by atoms with Crippen LogP contribution in [0.3, 0.4) is 0 Å². The lowest BCUT2D eigenvalue weighted by Crippen LogP contribution is -2.24. The molecule has 0 aromatic carbocycles. The number of hydrogen-bond acceptors (Lipinski definition) is 11. The van der Waals surface area contributed by atoms with E-state index < -0.39 is 6.10 Å². The normalized spacial score (nSPS) is 14.9. The molecule has 11 heteroatoms. The molecule has 0 bridgehead atoms. The smallest absolute Gasteiger partial charge is 0.229 e. The highest BCUT2D eigenvalue weighted by Crippen LogP contribution is 2.23. The molecule has 11 nitrogen and oxygen atoms in total. The maximum Gasteiger partial charge on any atom is 0.229 e. The van der Waals surface area contributed by atoms with E-state index in [1.54, 1.807) is 0 Å². The second kappa shape index (κ2) is 11.8. The fourth-order valence-electron chi connectivity index (χ4n) is 1.92. The van der Waals surface area contributed by atoms with Crippen LogP contribution in [-0.2, 0) is 9.47 Å². The number of aliphatic hydroxyl groups excluding tert-OH is 2. The van der Waals surface area contributed by atoms with Crippen LogP contribution in [0.4, 0.5) is 17.8 Å². The Morgan fingerprint density at radius 3 is 2.31 bits per heavy atom. The Labute approximate surface area is 152 Å². The van der Waals surface area contributed by atoms with Crippen LogP contribution < -0.4 is 21.7 Å². The summed E-state index contributed by atoms with van der Waals surface area (Å²) in [5, 5.41) is 27.5. The number of nitrogens with two attached hydrogens (primary N) is 1. The van der Waals surface area contributed by atoms with Crippen molar-refractivity contribution >= 4 is 17.8 Å². The quantitative estimate of drug-likeness (QED) is 0.202. The second-order valence-electron chi connectivity index (χ2n) is 5.88. The molecule has 0 spiro atoms. The minimum atomic E-state index is -0.877. The van der Waals surface area contributed by atoms with E-state index in [-0.39, 0.29) is 13.2 Å². The molecule has 1 aromatic heterocycles. The van der Waals surface area contributed by atoms with Gasteiger partial charge >= 0.3 is 0 Å². The Morgan fingerprint density at radius 2 is 1.65 bits per heavy atom. The molecule has 0 saturated heterocycles.